The van der Waals surface area contributed by atoms with Gasteiger partial charge in [-0.2, -0.15) is 0 Å². The summed E-state index contributed by atoms with van der Waals surface area (Å²) >= 11 is 0. The molecule has 19 heavy (non-hydrogen) atoms. The van der Waals surface area contributed by atoms with Crippen molar-refractivity contribution in [2.24, 2.45) is 5.92 Å². The highest BCUT2D eigenvalue weighted by Crippen LogP contribution is 2.11. The third-order valence-corrected chi connectivity index (χ3v) is 2.93. The molecule has 0 saturated carbocycles. The van der Waals surface area contributed by atoms with Gasteiger partial charge in [0.15, 0.2) is 6.10 Å². The first-order valence-electron chi connectivity index (χ1n) is 6.16. The van der Waals surface area contributed by atoms with Gasteiger partial charge in [0.25, 0.3) is 5.91 Å². The summed E-state index contributed by atoms with van der Waals surface area (Å²) in [5, 5.41) is 11.5. The van der Waals surface area contributed by atoms with Crippen molar-refractivity contribution in [2.45, 2.75) is 32.9 Å². The molecule has 1 aromatic rings. The summed E-state index contributed by atoms with van der Waals surface area (Å²) in [5.74, 6) is -1.31. The van der Waals surface area contributed by atoms with Gasteiger partial charge in [-0.15, -0.1) is 0 Å². The first-order valence-corrected chi connectivity index (χ1v) is 6.16. The summed E-state index contributed by atoms with van der Waals surface area (Å²) in [5.41, 5.74) is 0. The molecule has 1 amide bonds. The Labute approximate surface area is 112 Å². The number of para-hydroxylation sites is 1. The number of carbonyl (C=O) groups excluding carboxylic acids is 1. The van der Waals surface area contributed by atoms with Gasteiger partial charge in [-0.1, -0.05) is 18.2 Å². The fraction of sp³-hybridized carbons (Fsp3) is 0.429. The number of carboxylic acid groups (broad SMARTS) is 1. The minimum absolute atomic E-state index is 0.329. The Kier molecular flexibility index (Phi) is 5.36. The zero-order chi connectivity index (χ0) is 14.4. The van der Waals surface area contributed by atoms with Crippen LogP contribution in [0.3, 0.4) is 0 Å². The molecule has 0 bridgehead atoms. The second-order valence-corrected chi connectivity index (χ2v) is 4.50. The molecular formula is C14H19NO4. The SMILES string of the molecule is CC(Oc1ccccc1)C(=O)NC(C)C(C)C(=O)O. The maximum atomic E-state index is 11.9. The fourth-order valence-corrected chi connectivity index (χ4v) is 1.44. The van der Waals surface area contributed by atoms with Gasteiger partial charge in [-0.25, -0.2) is 0 Å². The number of hydrogen-bond donors (Lipinski definition) is 2. The first-order chi connectivity index (χ1) is 8.91. The second kappa shape index (κ2) is 6.78. The number of nitrogens with one attached hydrogen (secondary N) is 1. The lowest BCUT2D eigenvalue weighted by atomic mass is 10.0. The van der Waals surface area contributed by atoms with E-state index in [1.165, 1.54) is 0 Å². The Hall–Kier alpha value is -2.04. The van der Waals surface area contributed by atoms with Gasteiger partial charge < -0.3 is 15.2 Å². The molecule has 1 rings (SSSR count). The van der Waals surface area contributed by atoms with Crippen LogP contribution >= 0.6 is 0 Å². The lowest BCUT2D eigenvalue weighted by molar-refractivity contribution is -0.142. The largest absolute Gasteiger partial charge is 0.481 e. The average molecular weight is 265 g/mol. The number of carbonyl (C=O) groups is 2. The minimum Gasteiger partial charge on any atom is -0.481 e. The van der Waals surface area contributed by atoms with Crippen LogP contribution in [0.15, 0.2) is 30.3 Å². The molecule has 104 valence electrons. The van der Waals surface area contributed by atoms with Gasteiger partial charge >= 0.3 is 5.97 Å². The fourth-order valence-electron chi connectivity index (χ4n) is 1.44. The Morgan fingerprint density at radius 3 is 2.26 bits per heavy atom. The molecule has 0 spiro atoms. The van der Waals surface area contributed by atoms with Crippen LogP contribution in [0.25, 0.3) is 0 Å². The van der Waals surface area contributed by atoms with Crippen LogP contribution in [0.5, 0.6) is 5.75 Å². The molecule has 0 fully saturated rings. The first kappa shape index (κ1) is 15.0. The topological polar surface area (TPSA) is 75.6 Å². The van der Waals surface area contributed by atoms with Crippen LogP contribution in [0.1, 0.15) is 20.8 Å². The highest BCUT2D eigenvalue weighted by atomic mass is 16.5. The number of carboxylic acids is 1. The summed E-state index contributed by atoms with van der Waals surface area (Å²) < 4.78 is 5.46. The Bertz CT molecular complexity index is 432. The summed E-state index contributed by atoms with van der Waals surface area (Å²) in [4.78, 5) is 22.7. The normalized spacial score (nSPS) is 15.1. The molecule has 0 saturated heterocycles. The lowest BCUT2D eigenvalue weighted by Gasteiger charge is -2.21. The van der Waals surface area contributed by atoms with Crippen molar-refractivity contribution in [1.29, 1.82) is 0 Å². The molecule has 0 radical (unpaired) electrons. The van der Waals surface area contributed by atoms with Crippen LogP contribution in [0.4, 0.5) is 0 Å². The zero-order valence-electron chi connectivity index (χ0n) is 11.3. The van der Waals surface area contributed by atoms with Gasteiger partial charge in [0.2, 0.25) is 0 Å². The maximum Gasteiger partial charge on any atom is 0.308 e. The molecule has 1 aromatic carbocycles. The van der Waals surface area contributed by atoms with Crippen LogP contribution in [0.2, 0.25) is 0 Å². The van der Waals surface area contributed by atoms with Crippen molar-refractivity contribution in [2.75, 3.05) is 0 Å². The van der Waals surface area contributed by atoms with E-state index in [2.05, 4.69) is 5.32 Å². The number of aliphatic carboxylic acids is 1. The molecule has 3 atom stereocenters. The Morgan fingerprint density at radius 1 is 1.16 bits per heavy atom. The average Bonchev–Trinajstić information content (AvgIpc) is 2.38. The highest BCUT2D eigenvalue weighted by molar-refractivity contribution is 5.82. The second-order valence-electron chi connectivity index (χ2n) is 4.50. The summed E-state index contributed by atoms with van der Waals surface area (Å²) in [6, 6.07) is 8.55. The summed E-state index contributed by atoms with van der Waals surface area (Å²) in [7, 11) is 0. The number of rotatable bonds is 6. The molecule has 5 nitrogen and oxygen atoms in total. The van der Waals surface area contributed by atoms with Crippen molar-refractivity contribution in [3.05, 3.63) is 30.3 Å². The third-order valence-electron chi connectivity index (χ3n) is 2.93. The van der Waals surface area contributed by atoms with E-state index in [1.54, 1.807) is 32.9 Å². The number of amides is 1. The van der Waals surface area contributed by atoms with Crippen LogP contribution in [0, 0.1) is 5.92 Å². The van der Waals surface area contributed by atoms with Crippen molar-refractivity contribution in [1.82, 2.24) is 5.32 Å². The van der Waals surface area contributed by atoms with E-state index in [-0.39, 0.29) is 5.91 Å². The van der Waals surface area contributed by atoms with Gasteiger partial charge in [0, 0.05) is 6.04 Å². The van der Waals surface area contributed by atoms with E-state index in [4.69, 9.17) is 9.84 Å². The number of ether oxygens (including phenoxy) is 1. The molecular weight excluding hydrogens is 246 g/mol. The van der Waals surface area contributed by atoms with Crippen molar-refractivity contribution in [3.63, 3.8) is 0 Å². The third kappa shape index (κ3) is 4.62. The molecule has 0 aromatic heterocycles. The quantitative estimate of drug-likeness (QED) is 0.820. The van der Waals surface area contributed by atoms with Gasteiger partial charge in [-0.3, -0.25) is 9.59 Å². The molecule has 0 aliphatic rings. The summed E-state index contributed by atoms with van der Waals surface area (Å²) in [6.45, 7) is 4.84. The minimum atomic E-state index is -0.940. The van der Waals surface area contributed by atoms with E-state index in [9.17, 15) is 9.59 Å². The lowest BCUT2D eigenvalue weighted by Crippen LogP contribution is -2.45. The maximum absolute atomic E-state index is 11.9. The van der Waals surface area contributed by atoms with Crippen molar-refractivity contribution < 1.29 is 19.4 Å². The van der Waals surface area contributed by atoms with E-state index in [0.29, 0.717) is 5.75 Å². The smallest absolute Gasteiger partial charge is 0.308 e. The van der Waals surface area contributed by atoms with E-state index in [0.717, 1.165) is 0 Å². The standard InChI is InChI=1S/C14H19NO4/c1-9(14(17)18)10(2)15-13(16)11(3)19-12-7-5-4-6-8-12/h4-11H,1-3H3,(H,15,16)(H,17,18). The van der Waals surface area contributed by atoms with Crippen LogP contribution in [-0.4, -0.2) is 29.1 Å². The zero-order valence-corrected chi connectivity index (χ0v) is 11.3. The van der Waals surface area contributed by atoms with Gasteiger partial charge in [0.05, 0.1) is 5.92 Å². The molecule has 3 unspecified atom stereocenters. The number of hydrogen-bond acceptors (Lipinski definition) is 3. The Morgan fingerprint density at radius 2 is 1.74 bits per heavy atom. The predicted molar refractivity (Wildman–Crippen MR) is 70.9 cm³/mol. The summed E-state index contributed by atoms with van der Waals surface area (Å²) in [6.07, 6.45) is -0.675. The predicted octanol–water partition coefficient (Wildman–Crippen LogP) is 1.68. The molecule has 0 aliphatic carbocycles. The Balaban J connectivity index is 2.51. The van der Waals surface area contributed by atoms with Gasteiger partial charge in [-0.05, 0) is 32.9 Å². The van der Waals surface area contributed by atoms with Crippen molar-refractivity contribution >= 4 is 11.9 Å². The van der Waals surface area contributed by atoms with Gasteiger partial charge in [0.1, 0.15) is 5.75 Å². The number of benzene rings is 1. The van der Waals surface area contributed by atoms with E-state index >= 15 is 0 Å². The molecule has 0 heterocycles. The highest BCUT2D eigenvalue weighted by Gasteiger charge is 2.23. The van der Waals surface area contributed by atoms with Crippen LogP contribution < -0.4 is 10.1 Å². The van der Waals surface area contributed by atoms with E-state index in [1.807, 2.05) is 18.2 Å². The van der Waals surface area contributed by atoms with Crippen molar-refractivity contribution in [3.8, 4) is 5.75 Å². The van der Waals surface area contributed by atoms with Crippen LogP contribution in [-0.2, 0) is 9.59 Å². The monoisotopic (exact) mass is 265 g/mol. The molecule has 2 N–H and O–H groups in total. The molecule has 0 aliphatic heterocycles. The van der Waals surface area contributed by atoms with E-state index < -0.39 is 24.0 Å². The molecule has 5 heteroatoms.